The minimum atomic E-state index is -0.371. The Morgan fingerprint density at radius 3 is 2.25 bits per heavy atom. The lowest BCUT2D eigenvalue weighted by Crippen LogP contribution is -2.30. The van der Waals surface area contributed by atoms with Crippen LogP contribution in [0, 0.1) is 0 Å². The summed E-state index contributed by atoms with van der Waals surface area (Å²) in [6.45, 7) is 0. The zero-order valence-corrected chi connectivity index (χ0v) is 16.1. The molecule has 2 unspecified atom stereocenters. The lowest BCUT2D eigenvalue weighted by molar-refractivity contribution is -0.119. The van der Waals surface area contributed by atoms with Gasteiger partial charge in [-0.15, -0.1) is 0 Å². The van der Waals surface area contributed by atoms with Gasteiger partial charge >= 0.3 is 0 Å². The molecule has 0 aliphatic rings. The van der Waals surface area contributed by atoms with Crippen molar-refractivity contribution in [3.05, 3.63) is 64.1 Å². The highest BCUT2D eigenvalue weighted by atomic mass is 79.9. The molecule has 0 fully saturated rings. The van der Waals surface area contributed by atoms with E-state index in [0.717, 1.165) is 17.3 Å². The molecule has 0 heterocycles. The molecule has 2 atom stereocenters. The number of carbonyl (C=O) groups excluding carboxylic acids is 1. The highest BCUT2D eigenvalue weighted by molar-refractivity contribution is 9.09. The second kappa shape index (κ2) is 9.30. The quantitative estimate of drug-likeness (QED) is 0.565. The monoisotopic (exact) mass is 428 g/mol. The first-order valence-corrected chi connectivity index (χ1v) is 9.51. The van der Waals surface area contributed by atoms with Crippen molar-refractivity contribution in [1.82, 2.24) is 0 Å². The number of benzene rings is 2. The van der Waals surface area contributed by atoms with Crippen molar-refractivity contribution in [3.8, 4) is 0 Å². The topological polar surface area (TPSA) is 55.1 Å². The molecule has 2 aromatic rings. The molecular weight excluding hydrogens is 411 g/mol. The van der Waals surface area contributed by atoms with Crippen LogP contribution >= 0.6 is 39.1 Å². The van der Waals surface area contributed by atoms with Gasteiger partial charge in [0.2, 0.25) is 5.91 Å². The summed E-state index contributed by atoms with van der Waals surface area (Å²) in [7, 11) is 0. The Morgan fingerprint density at radius 2 is 1.71 bits per heavy atom. The van der Waals surface area contributed by atoms with Crippen molar-refractivity contribution in [2.45, 2.75) is 24.8 Å². The lowest BCUT2D eigenvalue weighted by atomic mass is 9.90. The van der Waals surface area contributed by atoms with E-state index in [4.69, 9.17) is 28.9 Å². The SMILES string of the molecule is NC(=O)C(CC(CCBr)Nc1c(Cl)cccc1Cl)c1ccccc1. The van der Waals surface area contributed by atoms with Crippen molar-refractivity contribution in [2.24, 2.45) is 5.73 Å². The molecule has 3 nitrogen and oxygen atoms in total. The van der Waals surface area contributed by atoms with Crippen LogP contribution in [0.2, 0.25) is 10.0 Å². The summed E-state index contributed by atoms with van der Waals surface area (Å²) in [5.74, 6) is -0.711. The first kappa shape index (κ1) is 19.1. The van der Waals surface area contributed by atoms with Crippen LogP contribution in [0.25, 0.3) is 0 Å². The van der Waals surface area contributed by atoms with Crippen LogP contribution in [-0.4, -0.2) is 17.3 Å². The zero-order valence-electron chi connectivity index (χ0n) is 13.0. The van der Waals surface area contributed by atoms with Crippen LogP contribution in [-0.2, 0) is 4.79 Å². The molecule has 0 aromatic heterocycles. The maximum absolute atomic E-state index is 12.0. The summed E-state index contributed by atoms with van der Waals surface area (Å²) in [4.78, 5) is 12.0. The molecule has 24 heavy (non-hydrogen) atoms. The molecule has 0 saturated heterocycles. The number of alkyl halides is 1. The fourth-order valence-corrected chi connectivity index (χ4v) is 3.67. The summed E-state index contributed by atoms with van der Waals surface area (Å²) >= 11 is 15.9. The first-order valence-electron chi connectivity index (χ1n) is 7.63. The van der Waals surface area contributed by atoms with Crippen LogP contribution < -0.4 is 11.1 Å². The second-order valence-corrected chi connectivity index (χ2v) is 7.12. The minimum absolute atomic E-state index is 0.000480. The molecule has 1 amide bonds. The molecule has 0 aliphatic heterocycles. The summed E-state index contributed by atoms with van der Waals surface area (Å²) in [6.07, 6.45) is 1.37. The fourth-order valence-electron chi connectivity index (χ4n) is 2.61. The van der Waals surface area contributed by atoms with Gasteiger partial charge in [0.05, 0.1) is 21.7 Å². The van der Waals surface area contributed by atoms with E-state index in [2.05, 4.69) is 21.2 Å². The number of hydrogen-bond donors (Lipinski definition) is 2. The van der Waals surface area contributed by atoms with Crippen molar-refractivity contribution in [1.29, 1.82) is 0 Å². The first-order chi connectivity index (χ1) is 11.5. The highest BCUT2D eigenvalue weighted by Gasteiger charge is 2.23. The Labute approximate surface area is 160 Å². The van der Waals surface area contributed by atoms with Crippen LogP contribution in [0.5, 0.6) is 0 Å². The third kappa shape index (κ3) is 5.13. The Balaban J connectivity index is 2.22. The van der Waals surface area contributed by atoms with Crippen molar-refractivity contribution < 1.29 is 4.79 Å². The van der Waals surface area contributed by atoms with E-state index in [0.29, 0.717) is 22.2 Å². The Kier molecular flexibility index (Phi) is 7.40. The average molecular weight is 430 g/mol. The van der Waals surface area contributed by atoms with Gasteiger partial charge in [-0.1, -0.05) is 75.5 Å². The molecule has 2 aromatic carbocycles. The molecule has 0 bridgehead atoms. The van der Waals surface area contributed by atoms with Crippen LogP contribution in [0.4, 0.5) is 5.69 Å². The third-order valence-electron chi connectivity index (χ3n) is 3.83. The van der Waals surface area contributed by atoms with Crippen molar-refractivity contribution >= 4 is 50.7 Å². The molecule has 3 N–H and O–H groups in total. The van der Waals surface area contributed by atoms with Crippen molar-refractivity contribution in [2.75, 3.05) is 10.6 Å². The summed E-state index contributed by atoms with van der Waals surface area (Å²) < 4.78 is 0. The summed E-state index contributed by atoms with van der Waals surface area (Å²) in [5, 5.41) is 5.26. The molecule has 0 radical (unpaired) electrons. The van der Waals surface area contributed by atoms with E-state index in [1.165, 1.54) is 0 Å². The number of carbonyl (C=O) groups is 1. The van der Waals surface area contributed by atoms with E-state index in [9.17, 15) is 4.79 Å². The number of hydrogen-bond acceptors (Lipinski definition) is 2. The van der Waals surface area contributed by atoms with Gasteiger partial charge in [-0.3, -0.25) is 4.79 Å². The maximum Gasteiger partial charge on any atom is 0.225 e. The molecule has 0 aliphatic carbocycles. The van der Waals surface area contributed by atoms with E-state index in [1.807, 2.05) is 30.3 Å². The second-order valence-electron chi connectivity index (χ2n) is 5.52. The van der Waals surface area contributed by atoms with Gasteiger partial charge in [0, 0.05) is 11.4 Å². The fraction of sp³-hybridized carbons (Fsp3) is 0.278. The van der Waals surface area contributed by atoms with Gasteiger partial charge in [0.1, 0.15) is 0 Å². The predicted molar refractivity (Wildman–Crippen MR) is 105 cm³/mol. The summed E-state index contributed by atoms with van der Waals surface area (Å²) in [6, 6.07) is 14.9. The van der Waals surface area contributed by atoms with Gasteiger partial charge in [-0.05, 0) is 30.5 Å². The third-order valence-corrected chi connectivity index (χ3v) is 4.92. The highest BCUT2D eigenvalue weighted by Crippen LogP contribution is 2.32. The number of nitrogens with one attached hydrogen (secondary N) is 1. The van der Waals surface area contributed by atoms with E-state index < -0.39 is 0 Å². The Hall–Kier alpha value is -1.23. The maximum atomic E-state index is 12.0. The van der Waals surface area contributed by atoms with E-state index in [1.54, 1.807) is 18.2 Å². The molecule has 6 heteroatoms. The lowest BCUT2D eigenvalue weighted by Gasteiger charge is -2.24. The standard InChI is InChI=1S/C18H19BrCl2N2O/c19-10-9-13(23-17-15(20)7-4-8-16(17)21)11-14(18(22)24)12-5-2-1-3-6-12/h1-8,13-14,23H,9-11H2,(H2,22,24). The number of para-hydroxylation sites is 1. The normalized spacial score (nSPS) is 13.3. The zero-order chi connectivity index (χ0) is 17.5. The molecular formula is C18H19BrCl2N2O. The largest absolute Gasteiger partial charge is 0.380 e. The van der Waals surface area contributed by atoms with Gasteiger partial charge in [-0.25, -0.2) is 0 Å². The van der Waals surface area contributed by atoms with Gasteiger partial charge in [0.25, 0.3) is 0 Å². The minimum Gasteiger partial charge on any atom is -0.380 e. The molecule has 2 rings (SSSR count). The molecule has 0 saturated carbocycles. The summed E-state index contributed by atoms with van der Waals surface area (Å²) in [5.41, 5.74) is 7.23. The smallest absolute Gasteiger partial charge is 0.225 e. The number of halogens is 3. The van der Waals surface area contributed by atoms with E-state index in [-0.39, 0.29) is 17.9 Å². The molecule has 128 valence electrons. The number of nitrogens with two attached hydrogens (primary N) is 1. The Morgan fingerprint density at radius 1 is 1.08 bits per heavy atom. The van der Waals surface area contributed by atoms with Gasteiger partial charge < -0.3 is 11.1 Å². The average Bonchev–Trinajstić information content (AvgIpc) is 2.56. The number of anilines is 1. The number of rotatable bonds is 8. The van der Waals surface area contributed by atoms with Crippen LogP contribution in [0.3, 0.4) is 0 Å². The van der Waals surface area contributed by atoms with Gasteiger partial charge in [-0.2, -0.15) is 0 Å². The van der Waals surface area contributed by atoms with Crippen LogP contribution in [0.1, 0.15) is 24.3 Å². The predicted octanol–water partition coefficient (Wildman–Crippen LogP) is 5.22. The number of amides is 1. The van der Waals surface area contributed by atoms with Crippen molar-refractivity contribution in [3.63, 3.8) is 0 Å². The van der Waals surface area contributed by atoms with Gasteiger partial charge in [0.15, 0.2) is 0 Å². The molecule has 0 spiro atoms. The Bertz CT molecular complexity index is 662. The van der Waals surface area contributed by atoms with E-state index >= 15 is 0 Å². The van der Waals surface area contributed by atoms with Crippen LogP contribution in [0.15, 0.2) is 48.5 Å². The number of primary amides is 1.